The van der Waals surface area contributed by atoms with Crippen molar-refractivity contribution in [1.82, 2.24) is 10.2 Å². The lowest BCUT2D eigenvalue weighted by Crippen LogP contribution is -2.44. The van der Waals surface area contributed by atoms with Gasteiger partial charge in [-0.25, -0.2) is 0 Å². The molecule has 2 unspecified atom stereocenters. The lowest BCUT2D eigenvalue weighted by atomic mass is 9.82. The third-order valence-corrected chi connectivity index (χ3v) is 5.82. The summed E-state index contributed by atoms with van der Waals surface area (Å²) in [4.78, 5) is 26.1. The number of carbonyl (C=O) groups excluding carboxylic acids is 1. The Morgan fingerprint density at radius 1 is 1.19 bits per heavy atom. The van der Waals surface area contributed by atoms with E-state index in [2.05, 4.69) is 10.2 Å². The van der Waals surface area contributed by atoms with Gasteiger partial charge >= 0.3 is 5.97 Å². The summed E-state index contributed by atoms with van der Waals surface area (Å²) < 4.78 is 0. The van der Waals surface area contributed by atoms with Crippen molar-refractivity contribution in [2.45, 2.75) is 6.42 Å². The Labute approximate surface area is 129 Å². The van der Waals surface area contributed by atoms with Crippen molar-refractivity contribution in [2.75, 3.05) is 37.7 Å². The van der Waals surface area contributed by atoms with Gasteiger partial charge in [0.05, 0.1) is 11.8 Å². The summed E-state index contributed by atoms with van der Waals surface area (Å²) in [6, 6.07) is 0. The molecule has 0 aromatic heterocycles. The molecular formula is C15H22N2O3S. The van der Waals surface area contributed by atoms with E-state index in [0.29, 0.717) is 6.54 Å². The van der Waals surface area contributed by atoms with Crippen LogP contribution in [-0.2, 0) is 9.59 Å². The summed E-state index contributed by atoms with van der Waals surface area (Å²) in [7, 11) is 0. The van der Waals surface area contributed by atoms with Crippen LogP contribution in [0, 0.1) is 23.7 Å². The number of carboxylic acids is 1. The van der Waals surface area contributed by atoms with E-state index in [-0.39, 0.29) is 23.7 Å². The molecule has 2 bridgehead atoms. The second-order valence-electron chi connectivity index (χ2n) is 6.08. The lowest BCUT2D eigenvalue weighted by molar-refractivity contribution is -0.147. The molecule has 21 heavy (non-hydrogen) atoms. The van der Waals surface area contributed by atoms with E-state index >= 15 is 0 Å². The highest BCUT2D eigenvalue weighted by molar-refractivity contribution is 7.99. The number of aliphatic carboxylic acids is 1. The second kappa shape index (κ2) is 6.40. The van der Waals surface area contributed by atoms with Crippen molar-refractivity contribution in [3.05, 3.63) is 12.2 Å². The van der Waals surface area contributed by atoms with Gasteiger partial charge in [0, 0.05) is 37.7 Å². The van der Waals surface area contributed by atoms with Crippen LogP contribution in [0.5, 0.6) is 0 Å². The van der Waals surface area contributed by atoms with Crippen molar-refractivity contribution < 1.29 is 14.7 Å². The summed E-state index contributed by atoms with van der Waals surface area (Å²) in [6.45, 7) is 3.64. The number of nitrogens with one attached hydrogen (secondary N) is 1. The fourth-order valence-electron chi connectivity index (χ4n) is 3.80. The monoisotopic (exact) mass is 310 g/mol. The van der Waals surface area contributed by atoms with Gasteiger partial charge in [0.25, 0.3) is 0 Å². The number of carbonyl (C=O) groups is 2. The van der Waals surface area contributed by atoms with Crippen LogP contribution in [0.1, 0.15) is 6.42 Å². The summed E-state index contributed by atoms with van der Waals surface area (Å²) in [5.74, 6) is 0.648. The van der Waals surface area contributed by atoms with E-state index in [1.54, 1.807) is 0 Å². The highest BCUT2D eigenvalue weighted by Crippen LogP contribution is 2.48. The molecule has 116 valence electrons. The van der Waals surface area contributed by atoms with E-state index in [1.165, 1.54) is 0 Å². The lowest BCUT2D eigenvalue weighted by Gasteiger charge is -2.27. The molecule has 2 aliphatic carbocycles. The molecule has 2 fully saturated rings. The van der Waals surface area contributed by atoms with Gasteiger partial charge in [0.2, 0.25) is 5.91 Å². The number of thioether (sulfide) groups is 1. The predicted octanol–water partition coefficient (Wildman–Crippen LogP) is 0.674. The summed E-state index contributed by atoms with van der Waals surface area (Å²) in [6.07, 6.45) is 4.81. The molecule has 5 nitrogen and oxygen atoms in total. The quantitative estimate of drug-likeness (QED) is 0.731. The summed E-state index contributed by atoms with van der Waals surface area (Å²) in [5, 5.41) is 12.3. The van der Waals surface area contributed by atoms with Crippen LogP contribution < -0.4 is 5.32 Å². The van der Waals surface area contributed by atoms with Gasteiger partial charge in [0.15, 0.2) is 0 Å². The van der Waals surface area contributed by atoms with Gasteiger partial charge in [-0.3, -0.25) is 14.5 Å². The normalized spacial score (nSPS) is 35.0. The molecular weight excluding hydrogens is 288 g/mol. The van der Waals surface area contributed by atoms with Gasteiger partial charge in [0.1, 0.15) is 0 Å². The highest BCUT2D eigenvalue weighted by atomic mass is 32.2. The number of allylic oxidation sites excluding steroid dienone is 2. The maximum atomic E-state index is 12.4. The molecule has 0 spiro atoms. The van der Waals surface area contributed by atoms with Crippen molar-refractivity contribution in [3.63, 3.8) is 0 Å². The van der Waals surface area contributed by atoms with Crippen molar-refractivity contribution in [3.8, 4) is 0 Å². The number of hydrogen-bond acceptors (Lipinski definition) is 4. The Morgan fingerprint density at radius 2 is 1.86 bits per heavy atom. The van der Waals surface area contributed by atoms with Crippen molar-refractivity contribution in [1.29, 1.82) is 0 Å². The molecule has 0 aromatic carbocycles. The highest BCUT2D eigenvalue weighted by Gasteiger charge is 2.51. The largest absolute Gasteiger partial charge is 0.481 e. The first kappa shape index (κ1) is 14.9. The van der Waals surface area contributed by atoms with Gasteiger partial charge in [-0.1, -0.05) is 12.2 Å². The molecule has 1 heterocycles. The number of fused-ring (bicyclic) bond motifs is 2. The number of amides is 1. The molecule has 3 rings (SSSR count). The Hall–Kier alpha value is -1.01. The average molecular weight is 310 g/mol. The second-order valence-corrected chi connectivity index (χ2v) is 7.31. The standard InChI is InChI=1S/C15H22N2O3S/c18-14(16-3-4-17-5-7-21-8-6-17)12-10-1-2-11(9-10)13(12)15(19)20/h1-2,10-13H,3-9H2,(H,16,18)(H,19,20)/t10?,11?,12-,13+/m0/s1. The summed E-state index contributed by atoms with van der Waals surface area (Å²) >= 11 is 1.97. The molecule has 1 saturated carbocycles. The van der Waals surface area contributed by atoms with Crippen molar-refractivity contribution >= 4 is 23.6 Å². The minimum absolute atomic E-state index is 0.0439. The number of carboxylic acid groups (broad SMARTS) is 1. The zero-order valence-electron chi connectivity index (χ0n) is 12.0. The maximum absolute atomic E-state index is 12.4. The SMILES string of the molecule is O=C(O)[C@@H]1C2C=CC(C2)[C@@H]1C(=O)NCCN1CCSCC1. The van der Waals surface area contributed by atoms with Gasteiger partial charge in [-0.2, -0.15) is 11.8 Å². The van der Waals surface area contributed by atoms with Crippen LogP contribution in [0.15, 0.2) is 12.2 Å². The molecule has 1 aliphatic heterocycles. The fraction of sp³-hybridized carbons (Fsp3) is 0.733. The van der Waals surface area contributed by atoms with E-state index in [4.69, 9.17) is 0 Å². The minimum Gasteiger partial charge on any atom is -0.481 e. The van der Waals surface area contributed by atoms with E-state index in [9.17, 15) is 14.7 Å². The molecule has 4 atom stereocenters. The fourth-order valence-corrected chi connectivity index (χ4v) is 4.77. The Kier molecular flexibility index (Phi) is 4.54. The molecule has 2 N–H and O–H groups in total. The summed E-state index contributed by atoms with van der Waals surface area (Å²) in [5.41, 5.74) is 0. The van der Waals surface area contributed by atoms with Crippen molar-refractivity contribution in [2.24, 2.45) is 23.7 Å². The average Bonchev–Trinajstić information content (AvgIpc) is 3.08. The van der Waals surface area contributed by atoms with Gasteiger partial charge in [-0.15, -0.1) is 0 Å². The Morgan fingerprint density at radius 3 is 2.52 bits per heavy atom. The molecule has 1 saturated heterocycles. The zero-order chi connectivity index (χ0) is 14.8. The van der Waals surface area contributed by atoms with Crippen LogP contribution in [0.2, 0.25) is 0 Å². The maximum Gasteiger partial charge on any atom is 0.307 e. The molecule has 0 radical (unpaired) electrons. The number of hydrogen-bond donors (Lipinski definition) is 2. The van der Waals surface area contributed by atoms with Crippen LogP contribution in [0.25, 0.3) is 0 Å². The predicted molar refractivity (Wildman–Crippen MR) is 82.1 cm³/mol. The number of nitrogens with zero attached hydrogens (tertiary/aromatic N) is 1. The Bertz CT molecular complexity index is 448. The minimum atomic E-state index is -0.833. The molecule has 0 aromatic rings. The molecule has 1 amide bonds. The Balaban J connectivity index is 1.50. The molecule has 6 heteroatoms. The van der Waals surface area contributed by atoms with Gasteiger partial charge < -0.3 is 10.4 Å². The number of rotatable bonds is 5. The van der Waals surface area contributed by atoms with Crippen LogP contribution in [0.4, 0.5) is 0 Å². The topological polar surface area (TPSA) is 69.6 Å². The van der Waals surface area contributed by atoms with E-state index in [1.807, 2.05) is 23.9 Å². The smallest absolute Gasteiger partial charge is 0.307 e. The van der Waals surface area contributed by atoms with E-state index < -0.39 is 11.9 Å². The van der Waals surface area contributed by atoms with Crippen LogP contribution >= 0.6 is 11.8 Å². The first-order valence-corrected chi connectivity index (χ1v) is 8.81. The first-order chi connectivity index (χ1) is 10.2. The third-order valence-electron chi connectivity index (χ3n) is 4.88. The first-order valence-electron chi connectivity index (χ1n) is 7.66. The third kappa shape index (κ3) is 3.11. The van der Waals surface area contributed by atoms with Gasteiger partial charge in [-0.05, 0) is 18.3 Å². The molecule has 3 aliphatic rings. The van der Waals surface area contributed by atoms with E-state index in [0.717, 1.165) is 37.6 Å². The zero-order valence-corrected chi connectivity index (χ0v) is 12.8. The van der Waals surface area contributed by atoms with Crippen LogP contribution in [0.3, 0.4) is 0 Å². The van der Waals surface area contributed by atoms with Crippen LogP contribution in [-0.4, -0.2) is 59.6 Å².